The van der Waals surface area contributed by atoms with Gasteiger partial charge in [-0.05, 0) is 48.7 Å². The van der Waals surface area contributed by atoms with Gasteiger partial charge in [0.2, 0.25) is 0 Å². The zero-order valence-corrected chi connectivity index (χ0v) is 12.6. The van der Waals surface area contributed by atoms with Crippen molar-refractivity contribution in [2.45, 2.75) is 19.3 Å². The number of aryl methyl sites for hydroxylation is 1. The lowest BCUT2D eigenvalue weighted by molar-refractivity contribution is 0.0791. The standard InChI is InChI=1S/C19H18N2O/c1-14-4-2-3-5-18(14)17-10-11-21(13-17)19(22)16-8-6-15(12-20)7-9-16/h2-9,17H,10-11,13H2,1H3/t17-/m1/s1. The Morgan fingerprint density at radius 3 is 2.59 bits per heavy atom. The molecule has 0 spiro atoms. The molecule has 1 aliphatic rings. The summed E-state index contributed by atoms with van der Waals surface area (Å²) in [6.45, 7) is 3.68. The Hall–Kier alpha value is -2.60. The number of carbonyl (C=O) groups excluding carboxylic acids is 1. The van der Waals surface area contributed by atoms with Gasteiger partial charge in [0, 0.05) is 24.6 Å². The Kier molecular flexibility index (Phi) is 3.93. The highest BCUT2D eigenvalue weighted by Gasteiger charge is 2.28. The lowest BCUT2D eigenvalue weighted by atomic mass is 9.94. The largest absolute Gasteiger partial charge is 0.338 e. The highest BCUT2D eigenvalue weighted by atomic mass is 16.2. The minimum Gasteiger partial charge on any atom is -0.338 e. The molecular weight excluding hydrogens is 272 g/mol. The van der Waals surface area contributed by atoms with Crippen LogP contribution in [0.15, 0.2) is 48.5 Å². The highest BCUT2D eigenvalue weighted by Crippen LogP contribution is 2.30. The van der Waals surface area contributed by atoms with Gasteiger partial charge in [0.15, 0.2) is 0 Å². The SMILES string of the molecule is Cc1ccccc1[C@@H]1CCN(C(=O)c2ccc(C#N)cc2)C1. The first kappa shape index (κ1) is 14.3. The Labute approximate surface area is 130 Å². The molecule has 0 N–H and O–H groups in total. The molecule has 1 saturated heterocycles. The van der Waals surface area contributed by atoms with Crippen LogP contribution in [-0.2, 0) is 0 Å². The highest BCUT2D eigenvalue weighted by molar-refractivity contribution is 5.94. The Morgan fingerprint density at radius 2 is 1.91 bits per heavy atom. The third-order valence-corrected chi connectivity index (χ3v) is 4.36. The summed E-state index contributed by atoms with van der Waals surface area (Å²) in [5, 5.41) is 8.82. The molecule has 22 heavy (non-hydrogen) atoms. The molecule has 1 amide bonds. The maximum absolute atomic E-state index is 12.6. The summed E-state index contributed by atoms with van der Waals surface area (Å²) in [5.41, 5.74) is 3.87. The second-order valence-electron chi connectivity index (χ2n) is 5.78. The van der Waals surface area contributed by atoms with Crippen molar-refractivity contribution in [2.24, 2.45) is 0 Å². The second kappa shape index (κ2) is 6.03. The minimum absolute atomic E-state index is 0.0561. The van der Waals surface area contributed by atoms with E-state index in [1.54, 1.807) is 24.3 Å². The van der Waals surface area contributed by atoms with Crippen molar-refractivity contribution >= 4 is 5.91 Å². The van der Waals surface area contributed by atoms with Crippen LogP contribution in [0.2, 0.25) is 0 Å². The molecule has 0 bridgehead atoms. The van der Waals surface area contributed by atoms with Crippen molar-refractivity contribution in [3.63, 3.8) is 0 Å². The number of hydrogen-bond acceptors (Lipinski definition) is 2. The van der Waals surface area contributed by atoms with E-state index in [-0.39, 0.29) is 5.91 Å². The van der Waals surface area contributed by atoms with E-state index in [0.717, 1.165) is 19.5 Å². The van der Waals surface area contributed by atoms with Crippen LogP contribution in [0.1, 0.15) is 39.4 Å². The first-order chi connectivity index (χ1) is 10.7. The number of rotatable bonds is 2. The van der Waals surface area contributed by atoms with Gasteiger partial charge in [-0.15, -0.1) is 0 Å². The summed E-state index contributed by atoms with van der Waals surface area (Å²) in [6.07, 6.45) is 1.01. The summed E-state index contributed by atoms with van der Waals surface area (Å²) in [7, 11) is 0. The van der Waals surface area contributed by atoms with Gasteiger partial charge in [-0.25, -0.2) is 0 Å². The predicted octanol–water partition coefficient (Wildman–Crippen LogP) is 3.50. The predicted molar refractivity (Wildman–Crippen MR) is 85.6 cm³/mol. The van der Waals surface area contributed by atoms with E-state index >= 15 is 0 Å². The third-order valence-electron chi connectivity index (χ3n) is 4.36. The molecule has 1 aliphatic heterocycles. The van der Waals surface area contributed by atoms with E-state index in [2.05, 4.69) is 31.2 Å². The average molecular weight is 290 g/mol. The number of likely N-dealkylation sites (tertiary alicyclic amines) is 1. The number of amides is 1. The zero-order valence-electron chi connectivity index (χ0n) is 12.6. The van der Waals surface area contributed by atoms with Gasteiger partial charge in [0.05, 0.1) is 11.6 Å². The Bertz CT molecular complexity index is 728. The van der Waals surface area contributed by atoms with Crippen molar-refractivity contribution < 1.29 is 4.79 Å². The molecule has 3 rings (SSSR count). The number of benzene rings is 2. The monoisotopic (exact) mass is 290 g/mol. The first-order valence-corrected chi connectivity index (χ1v) is 7.54. The van der Waals surface area contributed by atoms with Crippen molar-refractivity contribution in [1.82, 2.24) is 4.90 Å². The smallest absolute Gasteiger partial charge is 0.253 e. The molecule has 2 aromatic rings. The van der Waals surface area contributed by atoms with E-state index in [1.807, 2.05) is 11.0 Å². The van der Waals surface area contributed by atoms with E-state index in [1.165, 1.54) is 11.1 Å². The molecule has 0 aromatic heterocycles. The zero-order chi connectivity index (χ0) is 15.5. The summed E-state index contributed by atoms with van der Waals surface area (Å²) < 4.78 is 0. The maximum atomic E-state index is 12.6. The summed E-state index contributed by atoms with van der Waals surface area (Å²) in [5.74, 6) is 0.476. The number of nitriles is 1. The van der Waals surface area contributed by atoms with Gasteiger partial charge in [0.1, 0.15) is 0 Å². The minimum atomic E-state index is 0.0561. The van der Waals surface area contributed by atoms with Crippen molar-refractivity contribution in [1.29, 1.82) is 5.26 Å². The third kappa shape index (κ3) is 2.73. The van der Waals surface area contributed by atoms with Gasteiger partial charge >= 0.3 is 0 Å². The fourth-order valence-corrected chi connectivity index (χ4v) is 3.11. The molecule has 0 radical (unpaired) electrons. The fraction of sp³-hybridized carbons (Fsp3) is 0.263. The molecule has 2 aromatic carbocycles. The lowest BCUT2D eigenvalue weighted by Crippen LogP contribution is -2.28. The number of nitrogens with zero attached hydrogens (tertiary/aromatic N) is 2. The molecule has 1 heterocycles. The Balaban J connectivity index is 1.73. The molecule has 110 valence electrons. The van der Waals surface area contributed by atoms with Crippen LogP contribution in [0, 0.1) is 18.3 Å². The molecule has 0 saturated carbocycles. The van der Waals surface area contributed by atoms with Crippen LogP contribution >= 0.6 is 0 Å². The fourth-order valence-electron chi connectivity index (χ4n) is 3.11. The molecular formula is C19H18N2O. The van der Waals surface area contributed by atoms with Gasteiger partial charge in [-0.1, -0.05) is 24.3 Å². The molecule has 1 atom stereocenters. The van der Waals surface area contributed by atoms with Gasteiger partial charge in [0.25, 0.3) is 5.91 Å². The van der Waals surface area contributed by atoms with Crippen molar-refractivity contribution in [2.75, 3.05) is 13.1 Å². The van der Waals surface area contributed by atoms with Gasteiger partial charge in [-0.2, -0.15) is 5.26 Å². The molecule has 0 unspecified atom stereocenters. The van der Waals surface area contributed by atoms with Crippen LogP contribution in [0.3, 0.4) is 0 Å². The molecule has 3 heteroatoms. The first-order valence-electron chi connectivity index (χ1n) is 7.54. The number of carbonyl (C=O) groups is 1. The lowest BCUT2D eigenvalue weighted by Gasteiger charge is -2.17. The summed E-state index contributed by atoms with van der Waals surface area (Å²) in [6, 6.07) is 17.3. The van der Waals surface area contributed by atoms with Gasteiger partial charge in [-0.3, -0.25) is 4.79 Å². The molecule has 0 aliphatic carbocycles. The second-order valence-corrected chi connectivity index (χ2v) is 5.78. The van der Waals surface area contributed by atoms with Crippen LogP contribution in [-0.4, -0.2) is 23.9 Å². The van der Waals surface area contributed by atoms with Crippen molar-refractivity contribution in [3.8, 4) is 6.07 Å². The summed E-state index contributed by atoms with van der Waals surface area (Å²) >= 11 is 0. The van der Waals surface area contributed by atoms with Crippen LogP contribution in [0.4, 0.5) is 0 Å². The molecule has 3 nitrogen and oxygen atoms in total. The van der Waals surface area contributed by atoms with Gasteiger partial charge < -0.3 is 4.90 Å². The number of hydrogen-bond donors (Lipinski definition) is 0. The average Bonchev–Trinajstić information content (AvgIpc) is 3.04. The van der Waals surface area contributed by atoms with E-state index < -0.39 is 0 Å². The topological polar surface area (TPSA) is 44.1 Å². The maximum Gasteiger partial charge on any atom is 0.253 e. The van der Waals surface area contributed by atoms with E-state index in [0.29, 0.717) is 17.0 Å². The van der Waals surface area contributed by atoms with Crippen LogP contribution < -0.4 is 0 Å². The molecule has 1 fully saturated rings. The summed E-state index contributed by atoms with van der Waals surface area (Å²) in [4.78, 5) is 14.5. The quantitative estimate of drug-likeness (QED) is 0.849. The normalized spacial score (nSPS) is 17.3. The Morgan fingerprint density at radius 1 is 1.18 bits per heavy atom. The van der Waals surface area contributed by atoms with Crippen LogP contribution in [0.25, 0.3) is 0 Å². The van der Waals surface area contributed by atoms with Crippen molar-refractivity contribution in [3.05, 3.63) is 70.8 Å². The van der Waals surface area contributed by atoms with E-state index in [9.17, 15) is 4.79 Å². The van der Waals surface area contributed by atoms with E-state index in [4.69, 9.17) is 5.26 Å². The van der Waals surface area contributed by atoms with Crippen LogP contribution in [0.5, 0.6) is 0 Å².